The molecule has 0 spiro atoms. The molecule has 8 heteroatoms. The Balaban J connectivity index is 2.82. The summed E-state index contributed by atoms with van der Waals surface area (Å²) in [4.78, 5) is 51.2. The number of hydrogen-bond donors (Lipinski definition) is 4. The van der Waals surface area contributed by atoms with E-state index >= 15 is 0 Å². The van der Waals surface area contributed by atoms with Crippen LogP contribution in [-0.2, 0) is 19.2 Å². The van der Waals surface area contributed by atoms with Gasteiger partial charge in [0.1, 0.15) is 34.2 Å². The molecule has 33 heavy (non-hydrogen) atoms. The lowest BCUT2D eigenvalue weighted by molar-refractivity contribution is -0.129. The van der Waals surface area contributed by atoms with E-state index in [2.05, 4.69) is 0 Å². The van der Waals surface area contributed by atoms with Gasteiger partial charge >= 0.3 is 0 Å². The van der Waals surface area contributed by atoms with Crippen molar-refractivity contribution in [3.8, 4) is 0 Å². The van der Waals surface area contributed by atoms with Crippen LogP contribution in [-0.4, -0.2) is 43.6 Å². The minimum atomic E-state index is -1.56. The maximum absolute atomic E-state index is 12.9. The molecule has 0 saturated heterocycles. The van der Waals surface area contributed by atoms with Gasteiger partial charge in [-0.15, -0.1) is 0 Å². The molecule has 0 unspecified atom stereocenters. The van der Waals surface area contributed by atoms with E-state index in [9.17, 15) is 39.6 Å². The molecule has 0 fully saturated rings. The monoisotopic (exact) mass is 460 g/mol. The topological polar surface area (TPSA) is 149 Å². The quantitative estimate of drug-likeness (QED) is 0.429. The zero-order valence-electron chi connectivity index (χ0n) is 20.3. The Labute approximate surface area is 193 Å². The number of Topliss-reactive ketones (excluding diaryl/α,β-unsaturated/α-hetero) is 4. The van der Waals surface area contributed by atoms with Crippen molar-refractivity contribution in [2.75, 3.05) is 0 Å². The van der Waals surface area contributed by atoms with E-state index in [1.807, 2.05) is 0 Å². The number of ketones is 4. The van der Waals surface area contributed by atoms with Crippen molar-refractivity contribution in [2.24, 2.45) is 22.7 Å². The Morgan fingerprint density at radius 2 is 0.939 bits per heavy atom. The van der Waals surface area contributed by atoms with Gasteiger partial charge < -0.3 is 20.4 Å². The van der Waals surface area contributed by atoms with Gasteiger partial charge in [0.2, 0.25) is 0 Å². The lowest BCUT2D eigenvalue weighted by atomic mass is 9.69. The second-order valence-electron chi connectivity index (χ2n) is 10.2. The van der Waals surface area contributed by atoms with Gasteiger partial charge in [0.25, 0.3) is 0 Å². The lowest BCUT2D eigenvalue weighted by Gasteiger charge is -2.34. The molecule has 0 aromatic carbocycles. The van der Waals surface area contributed by atoms with Crippen molar-refractivity contribution in [3.63, 3.8) is 0 Å². The van der Waals surface area contributed by atoms with E-state index < -0.39 is 86.4 Å². The second kappa shape index (κ2) is 8.32. The normalized spacial score (nSPS) is 21.0. The van der Waals surface area contributed by atoms with Crippen molar-refractivity contribution >= 4 is 23.1 Å². The number of aliphatic hydroxyl groups excluding tert-OH is 4. The maximum Gasteiger partial charge on any atom is 0.183 e. The third-order valence-electron chi connectivity index (χ3n) is 6.29. The molecule has 0 bridgehead atoms. The number of carbonyl (C=O) groups is 4. The molecule has 0 saturated carbocycles. The average Bonchev–Trinajstić information content (AvgIpc) is 2.71. The highest BCUT2D eigenvalue weighted by atomic mass is 16.3. The van der Waals surface area contributed by atoms with E-state index in [4.69, 9.17) is 0 Å². The first-order chi connectivity index (χ1) is 14.9. The largest absolute Gasteiger partial charge is 0.511 e. The first-order valence-electron chi connectivity index (χ1n) is 10.8. The zero-order chi connectivity index (χ0) is 25.8. The average molecular weight is 461 g/mol. The van der Waals surface area contributed by atoms with Gasteiger partial charge in [0.15, 0.2) is 23.1 Å². The predicted octanol–water partition coefficient (Wildman–Crippen LogP) is 4.29. The van der Waals surface area contributed by atoms with E-state index in [0.29, 0.717) is 0 Å². The summed E-state index contributed by atoms with van der Waals surface area (Å²) in [7, 11) is 0. The van der Waals surface area contributed by atoms with E-state index in [0.717, 1.165) is 0 Å². The number of aliphatic hydroxyl groups is 4. The van der Waals surface area contributed by atoms with Crippen LogP contribution >= 0.6 is 0 Å². The van der Waals surface area contributed by atoms with E-state index in [-0.39, 0.29) is 11.1 Å². The molecule has 2 rings (SSSR count). The van der Waals surface area contributed by atoms with Crippen LogP contribution in [0.2, 0.25) is 0 Å². The predicted molar refractivity (Wildman–Crippen MR) is 121 cm³/mol. The minimum Gasteiger partial charge on any atom is -0.511 e. The Hall–Kier alpha value is -3.16. The lowest BCUT2D eigenvalue weighted by Crippen LogP contribution is -2.39. The summed E-state index contributed by atoms with van der Waals surface area (Å²) in [5.41, 5.74) is -4.58. The van der Waals surface area contributed by atoms with Crippen LogP contribution in [0.25, 0.3) is 0 Å². The highest BCUT2D eigenvalue weighted by molar-refractivity contribution is 6.25. The van der Waals surface area contributed by atoms with Gasteiger partial charge in [-0.25, -0.2) is 0 Å². The Bertz CT molecular complexity index is 1000. The van der Waals surface area contributed by atoms with Gasteiger partial charge in [0, 0.05) is 29.4 Å². The second-order valence-corrected chi connectivity index (χ2v) is 10.2. The SMILES string of the molecule is CC(C)C(=O)C1=C(O)C(CC2=C(O)C(C)(C)C(=O)C(C(=O)C(C)C)=C2O)=C(O)C(C)(C)C1=O. The summed E-state index contributed by atoms with van der Waals surface area (Å²) in [6.07, 6.45) is -0.521. The molecule has 0 amide bonds. The Morgan fingerprint density at radius 3 is 1.18 bits per heavy atom. The van der Waals surface area contributed by atoms with Crippen molar-refractivity contribution < 1.29 is 39.6 Å². The summed E-state index contributed by atoms with van der Waals surface area (Å²) in [5.74, 6) is -6.58. The number of rotatable bonds is 6. The molecule has 2 aliphatic rings. The molecule has 180 valence electrons. The van der Waals surface area contributed by atoms with Crippen LogP contribution in [0.1, 0.15) is 61.8 Å². The van der Waals surface area contributed by atoms with Gasteiger partial charge in [-0.2, -0.15) is 0 Å². The fraction of sp³-hybridized carbons (Fsp3) is 0.520. The van der Waals surface area contributed by atoms with E-state index in [1.54, 1.807) is 27.7 Å². The summed E-state index contributed by atoms with van der Waals surface area (Å²) >= 11 is 0. The number of carbonyl (C=O) groups excluding carboxylic acids is 4. The van der Waals surface area contributed by atoms with Crippen LogP contribution in [0, 0.1) is 22.7 Å². The third kappa shape index (κ3) is 3.92. The molecule has 4 N–H and O–H groups in total. The third-order valence-corrected chi connectivity index (χ3v) is 6.29. The fourth-order valence-electron chi connectivity index (χ4n) is 3.88. The van der Waals surface area contributed by atoms with Crippen LogP contribution in [0.3, 0.4) is 0 Å². The zero-order valence-corrected chi connectivity index (χ0v) is 20.3. The molecule has 8 nitrogen and oxygen atoms in total. The van der Waals surface area contributed by atoms with E-state index in [1.165, 1.54) is 27.7 Å². The van der Waals surface area contributed by atoms with Crippen molar-refractivity contribution in [1.29, 1.82) is 0 Å². The molecular formula is C25H32O8. The summed E-state index contributed by atoms with van der Waals surface area (Å²) in [5, 5.41) is 43.4. The molecule has 0 atom stereocenters. The van der Waals surface area contributed by atoms with Gasteiger partial charge in [-0.05, 0) is 27.7 Å². The van der Waals surface area contributed by atoms with Crippen LogP contribution in [0.4, 0.5) is 0 Å². The van der Waals surface area contributed by atoms with Gasteiger partial charge in [0.05, 0.1) is 10.8 Å². The molecular weight excluding hydrogens is 428 g/mol. The highest BCUT2D eigenvalue weighted by Crippen LogP contribution is 2.46. The molecule has 2 aliphatic carbocycles. The maximum atomic E-state index is 12.9. The molecule has 0 aliphatic heterocycles. The van der Waals surface area contributed by atoms with Crippen molar-refractivity contribution in [3.05, 3.63) is 45.3 Å². The summed E-state index contributed by atoms with van der Waals surface area (Å²) in [6, 6.07) is 0. The van der Waals surface area contributed by atoms with Gasteiger partial charge in [-0.3, -0.25) is 19.2 Å². The van der Waals surface area contributed by atoms with Gasteiger partial charge in [-0.1, -0.05) is 27.7 Å². The fourth-order valence-corrected chi connectivity index (χ4v) is 3.88. The van der Waals surface area contributed by atoms with Crippen LogP contribution < -0.4 is 0 Å². The first-order valence-corrected chi connectivity index (χ1v) is 10.8. The standard InChI is InChI=1S/C25H32O8/c1-10(2)16(26)14-18(28)12(20(30)24(5,6)22(14)32)9-13-19(29)15(17(27)11(3)4)23(33)25(7,8)21(13)31/h10-11,28-31H,9H2,1-8H3. The molecule has 0 aromatic heterocycles. The first kappa shape index (κ1) is 26.1. The van der Waals surface area contributed by atoms with Crippen molar-refractivity contribution in [2.45, 2.75) is 61.8 Å². The van der Waals surface area contributed by atoms with Crippen LogP contribution in [0.15, 0.2) is 45.3 Å². The van der Waals surface area contributed by atoms with Crippen molar-refractivity contribution in [1.82, 2.24) is 0 Å². The Kier molecular flexibility index (Phi) is 6.58. The number of allylic oxidation sites excluding steroid dienone is 6. The summed E-state index contributed by atoms with van der Waals surface area (Å²) < 4.78 is 0. The smallest absolute Gasteiger partial charge is 0.183 e. The highest BCUT2D eigenvalue weighted by Gasteiger charge is 2.49. The molecule has 0 heterocycles. The molecule has 0 radical (unpaired) electrons. The number of hydrogen-bond acceptors (Lipinski definition) is 8. The Morgan fingerprint density at radius 1 is 0.667 bits per heavy atom. The minimum absolute atomic E-state index is 0.252. The molecule has 0 aromatic rings. The summed E-state index contributed by atoms with van der Waals surface area (Å²) in [6.45, 7) is 11.8. The van der Waals surface area contributed by atoms with Crippen LogP contribution in [0.5, 0.6) is 0 Å².